The number of carbonyl (C=O) groups is 2. The molecule has 0 unspecified atom stereocenters. The molecule has 0 aliphatic heterocycles. The van der Waals surface area contributed by atoms with E-state index in [0.29, 0.717) is 27.9 Å². The van der Waals surface area contributed by atoms with Gasteiger partial charge in [-0.05, 0) is 68.1 Å². The minimum atomic E-state index is -0.681. The SMILES string of the molecule is CCCNC(=O)[C@@H](C)N(Cc1ccc(Cl)cc1Cl)C(=O)COc1ccc(C)c(C)c1. The average molecular weight is 451 g/mol. The second kappa shape index (κ2) is 11.2. The summed E-state index contributed by atoms with van der Waals surface area (Å²) in [7, 11) is 0. The van der Waals surface area contributed by atoms with Crippen LogP contribution >= 0.6 is 23.2 Å². The highest BCUT2D eigenvalue weighted by molar-refractivity contribution is 6.35. The number of halogens is 2. The molecule has 0 spiro atoms. The van der Waals surface area contributed by atoms with Crippen LogP contribution < -0.4 is 10.1 Å². The van der Waals surface area contributed by atoms with Crippen molar-refractivity contribution in [2.75, 3.05) is 13.2 Å². The summed E-state index contributed by atoms with van der Waals surface area (Å²) < 4.78 is 5.71. The molecule has 2 rings (SSSR count). The van der Waals surface area contributed by atoms with Crippen molar-refractivity contribution in [3.8, 4) is 5.75 Å². The van der Waals surface area contributed by atoms with E-state index in [-0.39, 0.29) is 25.0 Å². The molecule has 7 heteroatoms. The summed E-state index contributed by atoms with van der Waals surface area (Å²) in [6, 6.07) is 10.1. The van der Waals surface area contributed by atoms with Gasteiger partial charge in [0, 0.05) is 23.1 Å². The van der Waals surface area contributed by atoms with Crippen LogP contribution in [0.5, 0.6) is 5.75 Å². The Morgan fingerprint density at radius 1 is 1.10 bits per heavy atom. The third kappa shape index (κ3) is 6.64. The summed E-state index contributed by atoms with van der Waals surface area (Å²) in [6.45, 7) is 8.20. The van der Waals surface area contributed by atoms with E-state index in [1.165, 1.54) is 4.90 Å². The number of nitrogens with zero attached hydrogens (tertiary/aromatic N) is 1. The standard InChI is InChI=1S/C23H28Cl2N2O3/c1-5-10-26-23(29)17(4)27(13-18-7-8-19(24)12-21(18)25)22(28)14-30-20-9-6-15(2)16(3)11-20/h6-9,11-12,17H,5,10,13-14H2,1-4H3,(H,26,29)/t17-/m1/s1. The van der Waals surface area contributed by atoms with E-state index >= 15 is 0 Å². The van der Waals surface area contributed by atoms with E-state index in [1.807, 2.05) is 39.0 Å². The number of carbonyl (C=O) groups excluding carboxylic acids is 2. The Hall–Kier alpha value is -2.24. The fraction of sp³-hybridized carbons (Fsp3) is 0.391. The van der Waals surface area contributed by atoms with Gasteiger partial charge in [-0.15, -0.1) is 0 Å². The van der Waals surface area contributed by atoms with Crippen LogP contribution in [0.2, 0.25) is 10.0 Å². The van der Waals surface area contributed by atoms with Crippen LogP contribution in [-0.2, 0) is 16.1 Å². The smallest absolute Gasteiger partial charge is 0.261 e. The third-order valence-electron chi connectivity index (χ3n) is 4.91. The second-order valence-corrected chi connectivity index (χ2v) is 8.10. The van der Waals surface area contributed by atoms with E-state index in [4.69, 9.17) is 27.9 Å². The van der Waals surface area contributed by atoms with Crippen molar-refractivity contribution in [2.24, 2.45) is 0 Å². The Bertz CT molecular complexity index is 902. The van der Waals surface area contributed by atoms with Crippen molar-refractivity contribution >= 4 is 35.0 Å². The fourth-order valence-electron chi connectivity index (χ4n) is 2.84. The molecule has 0 radical (unpaired) electrons. The highest BCUT2D eigenvalue weighted by Gasteiger charge is 2.27. The van der Waals surface area contributed by atoms with E-state index in [2.05, 4.69) is 5.32 Å². The van der Waals surface area contributed by atoms with Crippen LogP contribution in [0.3, 0.4) is 0 Å². The van der Waals surface area contributed by atoms with Crippen molar-refractivity contribution in [3.05, 3.63) is 63.1 Å². The summed E-state index contributed by atoms with van der Waals surface area (Å²) in [4.78, 5) is 27.0. The van der Waals surface area contributed by atoms with Gasteiger partial charge in [0.1, 0.15) is 11.8 Å². The number of aryl methyl sites for hydroxylation is 2. The first kappa shape index (κ1) is 24.0. The number of amides is 2. The molecule has 2 aromatic carbocycles. The van der Waals surface area contributed by atoms with Crippen LogP contribution in [0.25, 0.3) is 0 Å². The Morgan fingerprint density at radius 2 is 1.83 bits per heavy atom. The molecule has 2 amide bonds. The number of hydrogen-bond acceptors (Lipinski definition) is 3. The molecule has 0 fully saturated rings. The first-order valence-electron chi connectivity index (χ1n) is 9.94. The number of ether oxygens (including phenoxy) is 1. The second-order valence-electron chi connectivity index (χ2n) is 7.26. The predicted molar refractivity (Wildman–Crippen MR) is 121 cm³/mol. The van der Waals surface area contributed by atoms with Gasteiger partial charge in [-0.25, -0.2) is 0 Å². The van der Waals surface area contributed by atoms with Gasteiger partial charge in [-0.2, -0.15) is 0 Å². The first-order valence-corrected chi connectivity index (χ1v) is 10.7. The molecule has 0 aliphatic carbocycles. The third-order valence-corrected chi connectivity index (χ3v) is 5.50. The maximum absolute atomic E-state index is 13.0. The zero-order valence-electron chi connectivity index (χ0n) is 17.8. The first-order chi connectivity index (χ1) is 14.2. The van der Waals surface area contributed by atoms with E-state index in [1.54, 1.807) is 25.1 Å². The Labute approximate surface area is 188 Å². The van der Waals surface area contributed by atoms with Crippen molar-refractivity contribution in [1.82, 2.24) is 10.2 Å². The monoisotopic (exact) mass is 450 g/mol. The topological polar surface area (TPSA) is 58.6 Å². The van der Waals surface area contributed by atoms with Crippen LogP contribution in [0.15, 0.2) is 36.4 Å². The molecule has 0 aromatic heterocycles. The highest BCUT2D eigenvalue weighted by Crippen LogP contribution is 2.23. The van der Waals surface area contributed by atoms with Crippen molar-refractivity contribution in [3.63, 3.8) is 0 Å². The van der Waals surface area contributed by atoms with Crippen molar-refractivity contribution in [1.29, 1.82) is 0 Å². The normalized spacial score (nSPS) is 11.7. The lowest BCUT2D eigenvalue weighted by Gasteiger charge is -2.29. The molecule has 2 aromatic rings. The Morgan fingerprint density at radius 3 is 2.47 bits per heavy atom. The van der Waals surface area contributed by atoms with Gasteiger partial charge in [0.25, 0.3) is 5.91 Å². The zero-order chi connectivity index (χ0) is 22.3. The van der Waals surface area contributed by atoms with Gasteiger partial charge in [0.15, 0.2) is 6.61 Å². The molecule has 162 valence electrons. The number of hydrogen-bond donors (Lipinski definition) is 1. The molecular weight excluding hydrogens is 423 g/mol. The van der Waals surface area contributed by atoms with Gasteiger partial charge in [-0.1, -0.05) is 42.3 Å². The average Bonchev–Trinajstić information content (AvgIpc) is 2.71. The summed E-state index contributed by atoms with van der Waals surface area (Å²) in [5, 5.41) is 3.79. The van der Waals surface area contributed by atoms with Crippen LogP contribution in [0, 0.1) is 13.8 Å². The minimum Gasteiger partial charge on any atom is -0.484 e. The molecule has 1 N–H and O–H groups in total. The van der Waals surface area contributed by atoms with Gasteiger partial charge < -0.3 is 15.0 Å². The number of nitrogens with one attached hydrogen (secondary N) is 1. The largest absolute Gasteiger partial charge is 0.484 e. The van der Waals surface area contributed by atoms with Crippen molar-refractivity contribution in [2.45, 2.75) is 46.7 Å². The lowest BCUT2D eigenvalue weighted by molar-refractivity contribution is -0.142. The highest BCUT2D eigenvalue weighted by atomic mass is 35.5. The quantitative estimate of drug-likeness (QED) is 0.588. The lowest BCUT2D eigenvalue weighted by Crippen LogP contribution is -2.49. The van der Waals surface area contributed by atoms with Gasteiger partial charge >= 0.3 is 0 Å². The van der Waals surface area contributed by atoms with Gasteiger partial charge in [-0.3, -0.25) is 9.59 Å². The molecule has 0 saturated heterocycles. The Balaban J connectivity index is 2.18. The molecular formula is C23H28Cl2N2O3. The maximum Gasteiger partial charge on any atom is 0.261 e. The van der Waals surface area contributed by atoms with E-state index < -0.39 is 6.04 Å². The van der Waals surface area contributed by atoms with Gasteiger partial charge in [0.05, 0.1) is 0 Å². The van der Waals surface area contributed by atoms with E-state index in [0.717, 1.165) is 17.5 Å². The van der Waals surface area contributed by atoms with Gasteiger partial charge in [0.2, 0.25) is 5.91 Å². The lowest BCUT2D eigenvalue weighted by atomic mass is 10.1. The van der Waals surface area contributed by atoms with Crippen LogP contribution in [0.4, 0.5) is 0 Å². The number of rotatable bonds is 9. The zero-order valence-corrected chi connectivity index (χ0v) is 19.3. The summed E-state index contributed by atoms with van der Waals surface area (Å²) >= 11 is 12.3. The number of benzene rings is 2. The van der Waals surface area contributed by atoms with Crippen LogP contribution in [0.1, 0.15) is 37.0 Å². The fourth-order valence-corrected chi connectivity index (χ4v) is 3.31. The minimum absolute atomic E-state index is 0.172. The Kier molecular flexibility index (Phi) is 9.00. The maximum atomic E-state index is 13.0. The molecule has 0 aliphatic rings. The summed E-state index contributed by atoms with van der Waals surface area (Å²) in [6.07, 6.45) is 0.811. The molecule has 1 atom stereocenters. The summed E-state index contributed by atoms with van der Waals surface area (Å²) in [5.74, 6) is 0.0823. The van der Waals surface area contributed by atoms with Crippen LogP contribution in [-0.4, -0.2) is 35.9 Å². The molecule has 0 bridgehead atoms. The predicted octanol–water partition coefficient (Wildman–Crippen LogP) is 4.93. The summed E-state index contributed by atoms with van der Waals surface area (Å²) in [5.41, 5.74) is 2.93. The molecule has 5 nitrogen and oxygen atoms in total. The van der Waals surface area contributed by atoms with Crippen molar-refractivity contribution < 1.29 is 14.3 Å². The molecule has 0 saturated carbocycles. The van der Waals surface area contributed by atoms with E-state index in [9.17, 15) is 9.59 Å². The molecule has 0 heterocycles. The molecule has 30 heavy (non-hydrogen) atoms.